The number of ether oxygens (including phenoxy) is 1. The van der Waals surface area contributed by atoms with Crippen LogP contribution in [0.15, 0.2) is 48.5 Å². The van der Waals surface area contributed by atoms with Crippen LogP contribution in [-0.4, -0.2) is 53.2 Å². The zero-order chi connectivity index (χ0) is 21.4. The van der Waals surface area contributed by atoms with Crippen molar-refractivity contribution in [2.24, 2.45) is 0 Å². The third-order valence-corrected chi connectivity index (χ3v) is 4.60. The summed E-state index contributed by atoms with van der Waals surface area (Å²) in [5.41, 5.74) is 2.76. The average molecular weight is 400 g/mol. The van der Waals surface area contributed by atoms with Gasteiger partial charge in [-0.3, -0.25) is 9.59 Å². The van der Waals surface area contributed by atoms with E-state index >= 15 is 0 Å². The topological polar surface area (TPSA) is 75.1 Å². The molecular weight excluding hydrogens is 368 g/mol. The predicted molar refractivity (Wildman–Crippen MR) is 116 cm³/mol. The van der Waals surface area contributed by atoms with Gasteiger partial charge in [0.05, 0.1) is 27.2 Å². The highest BCUT2D eigenvalue weighted by atomic mass is 16.5. The molecule has 1 atom stereocenters. The molecule has 7 heteroatoms. The summed E-state index contributed by atoms with van der Waals surface area (Å²) in [6.45, 7) is 2.83. The second-order valence-electron chi connectivity index (χ2n) is 7.24. The summed E-state index contributed by atoms with van der Waals surface area (Å²) in [6, 6.07) is 15.1. The maximum absolute atomic E-state index is 12.3. The summed E-state index contributed by atoms with van der Waals surface area (Å²) >= 11 is 0. The van der Waals surface area contributed by atoms with Crippen molar-refractivity contribution in [1.29, 1.82) is 0 Å². The minimum absolute atomic E-state index is 0.0356. The molecule has 0 fully saturated rings. The van der Waals surface area contributed by atoms with Gasteiger partial charge in [0.15, 0.2) is 0 Å². The van der Waals surface area contributed by atoms with Gasteiger partial charge in [-0.1, -0.05) is 12.1 Å². The Labute approximate surface area is 172 Å². The molecule has 0 heterocycles. The number of rotatable bonds is 8. The van der Waals surface area contributed by atoms with Crippen molar-refractivity contribution >= 4 is 23.2 Å². The molecule has 0 unspecified atom stereocenters. The Morgan fingerprint density at radius 3 is 2.14 bits per heavy atom. The van der Waals surface area contributed by atoms with Gasteiger partial charge >= 0.3 is 11.8 Å². The van der Waals surface area contributed by atoms with Crippen molar-refractivity contribution in [1.82, 2.24) is 5.32 Å². The van der Waals surface area contributed by atoms with E-state index in [-0.39, 0.29) is 6.04 Å². The number of nitrogens with one attached hydrogen (secondary N) is 3. The molecule has 0 bridgehead atoms. The minimum Gasteiger partial charge on any atom is -0.494 e. The lowest BCUT2D eigenvalue weighted by molar-refractivity contribution is -0.890. The fourth-order valence-electron chi connectivity index (χ4n) is 2.92. The van der Waals surface area contributed by atoms with E-state index in [1.165, 1.54) is 0 Å². The molecule has 2 aromatic rings. The van der Waals surface area contributed by atoms with Crippen molar-refractivity contribution in [3.05, 3.63) is 54.1 Å². The number of carbonyl (C=O) groups is 2. The first-order valence-corrected chi connectivity index (χ1v) is 9.71. The zero-order valence-corrected chi connectivity index (χ0v) is 17.8. The van der Waals surface area contributed by atoms with Crippen LogP contribution in [0.5, 0.6) is 5.75 Å². The van der Waals surface area contributed by atoms with Gasteiger partial charge in [-0.15, -0.1) is 0 Å². The Balaban J connectivity index is 1.94. The maximum atomic E-state index is 12.3. The molecule has 3 N–H and O–H groups in total. The highest BCUT2D eigenvalue weighted by Crippen LogP contribution is 2.17. The van der Waals surface area contributed by atoms with Crippen molar-refractivity contribution in [2.75, 3.05) is 51.6 Å². The second kappa shape index (κ2) is 10.5. The van der Waals surface area contributed by atoms with Crippen molar-refractivity contribution in [2.45, 2.75) is 13.0 Å². The molecule has 0 aromatic heterocycles. The average Bonchev–Trinajstić information content (AvgIpc) is 2.69. The van der Waals surface area contributed by atoms with E-state index in [9.17, 15) is 9.59 Å². The van der Waals surface area contributed by atoms with E-state index in [2.05, 4.69) is 22.8 Å². The van der Waals surface area contributed by atoms with E-state index < -0.39 is 11.8 Å². The molecule has 0 radical (unpaired) electrons. The third-order valence-electron chi connectivity index (χ3n) is 4.60. The summed E-state index contributed by atoms with van der Waals surface area (Å²) in [6.07, 6.45) is 0. The molecule has 2 aromatic carbocycles. The van der Waals surface area contributed by atoms with Crippen LogP contribution < -0.4 is 25.2 Å². The van der Waals surface area contributed by atoms with Crippen molar-refractivity contribution in [3.8, 4) is 5.75 Å². The summed E-state index contributed by atoms with van der Waals surface area (Å²) in [4.78, 5) is 27.6. The monoisotopic (exact) mass is 399 g/mol. The number of nitrogens with zero attached hydrogens (tertiary/aromatic N) is 1. The molecular formula is C22H31N4O3+. The van der Waals surface area contributed by atoms with Crippen LogP contribution in [-0.2, 0) is 9.59 Å². The molecule has 29 heavy (non-hydrogen) atoms. The molecule has 0 aliphatic carbocycles. The summed E-state index contributed by atoms with van der Waals surface area (Å²) < 4.78 is 5.37. The molecule has 0 saturated heterocycles. The Morgan fingerprint density at radius 1 is 1.00 bits per heavy atom. The number of anilines is 2. The minimum atomic E-state index is -0.690. The molecule has 0 aliphatic rings. The molecule has 2 rings (SSSR count). The molecule has 0 spiro atoms. The van der Waals surface area contributed by atoms with Crippen LogP contribution >= 0.6 is 0 Å². The number of hydrogen-bond donors (Lipinski definition) is 3. The van der Waals surface area contributed by atoms with Gasteiger partial charge in [0, 0.05) is 31.0 Å². The number of amides is 2. The van der Waals surface area contributed by atoms with Crippen LogP contribution in [0.3, 0.4) is 0 Å². The van der Waals surface area contributed by atoms with E-state index in [0.717, 1.165) is 16.2 Å². The van der Waals surface area contributed by atoms with E-state index in [4.69, 9.17) is 4.74 Å². The van der Waals surface area contributed by atoms with Crippen LogP contribution in [0.25, 0.3) is 0 Å². The van der Waals surface area contributed by atoms with Crippen LogP contribution in [0.2, 0.25) is 0 Å². The quantitative estimate of drug-likeness (QED) is 0.581. The SMILES string of the molecule is CCOc1ccc(NC(=O)C(=O)NC[C@H](c2ccc(N(C)C)cc2)[NH+](C)C)cc1. The van der Waals surface area contributed by atoms with Gasteiger partial charge < -0.3 is 25.2 Å². The highest BCUT2D eigenvalue weighted by molar-refractivity contribution is 6.39. The van der Waals surface area contributed by atoms with Crippen LogP contribution in [0.4, 0.5) is 11.4 Å². The maximum Gasteiger partial charge on any atom is 0.313 e. The lowest BCUT2D eigenvalue weighted by Crippen LogP contribution is -3.07. The Bertz CT molecular complexity index is 802. The Hall–Kier alpha value is -3.06. The first-order valence-electron chi connectivity index (χ1n) is 9.71. The number of hydrogen-bond acceptors (Lipinski definition) is 4. The van der Waals surface area contributed by atoms with Gasteiger partial charge in [0.2, 0.25) is 0 Å². The lowest BCUT2D eigenvalue weighted by Gasteiger charge is -2.23. The van der Waals surface area contributed by atoms with Gasteiger partial charge in [0.1, 0.15) is 11.8 Å². The van der Waals surface area contributed by atoms with Crippen LogP contribution in [0, 0.1) is 0 Å². The standard InChI is InChI=1S/C22H30N4O3/c1-6-29-19-13-9-17(10-14-19)24-22(28)21(27)23-15-20(26(4)5)16-7-11-18(12-8-16)25(2)3/h7-14,20H,6,15H2,1-5H3,(H,23,27)(H,24,28)/p+1/t20-/m1/s1. The second-order valence-corrected chi connectivity index (χ2v) is 7.24. The van der Waals surface area contributed by atoms with Gasteiger partial charge in [-0.25, -0.2) is 0 Å². The molecule has 0 aliphatic heterocycles. The largest absolute Gasteiger partial charge is 0.494 e. The summed E-state index contributed by atoms with van der Waals surface area (Å²) in [5.74, 6) is -0.633. The highest BCUT2D eigenvalue weighted by Gasteiger charge is 2.21. The molecule has 0 saturated carbocycles. The Morgan fingerprint density at radius 2 is 1.62 bits per heavy atom. The molecule has 7 nitrogen and oxygen atoms in total. The summed E-state index contributed by atoms with van der Waals surface area (Å²) in [5, 5.41) is 5.35. The van der Waals surface area contributed by atoms with Crippen molar-refractivity contribution in [3.63, 3.8) is 0 Å². The van der Waals surface area contributed by atoms with Gasteiger partial charge in [0.25, 0.3) is 0 Å². The lowest BCUT2D eigenvalue weighted by atomic mass is 10.1. The Kier molecular flexibility index (Phi) is 8.03. The number of benzene rings is 2. The molecule has 156 valence electrons. The fourth-order valence-corrected chi connectivity index (χ4v) is 2.92. The first kappa shape index (κ1) is 22.2. The number of likely N-dealkylation sites (N-methyl/N-ethyl adjacent to an activating group) is 1. The first-order chi connectivity index (χ1) is 13.8. The zero-order valence-electron chi connectivity index (χ0n) is 17.8. The van der Waals surface area contributed by atoms with E-state index in [1.54, 1.807) is 24.3 Å². The van der Waals surface area contributed by atoms with Crippen LogP contribution in [0.1, 0.15) is 18.5 Å². The molecule has 2 amide bonds. The number of carbonyl (C=O) groups excluding carboxylic acids is 2. The number of quaternary nitrogens is 1. The van der Waals surface area contributed by atoms with E-state index in [1.807, 2.05) is 52.1 Å². The van der Waals surface area contributed by atoms with Gasteiger partial charge in [-0.2, -0.15) is 0 Å². The fraction of sp³-hybridized carbons (Fsp3) is 0.364. The smallest absolute Gasteiger partial charge is 0.313 e. The van der Waals surface area contributed by atoms with Crippen molar-refractivity contribution < 1.29 is 19.2 Å². The van der Waals surface area contributed by atoms with E-state index in [0.29, 0.717) is 24.6 Å². The normalized spacial score (nSPS) is 11.7. The van der Waals surface area contributed by atoms with Gasteiger partial charge in [-0.05, 0) is 43.3 Å². The third kappa shape index (κ3) is 6.50. The predicted octanol–water partition coefficient (Wildman–Crippen LogP) is 1.09. The summed E-state index contributed by atoms with van der Waals surface area (Å²) in [7, 11) is 8.03.